The molecule has 2 aromatic rings. The highest BCUT2D eigenvalue weighted by Gasteiger charge is 2.33. The molecular formula is C17H18O7. The molecule has 7 heteroatoms. The summed E-state index contributed by atoms with van der Waals surface area (Å²) in [5, 5.41) is 0.804. The van der Waals surface area contributed by atoms with Crippen LogP contribution in [0.25, 0.3) is 11.0 Å². The van der Waals surface area contributed by atoms with Crippen molar-refractivity contribution in [3.05, 3.63) is 36.1 Å². The minimum Gasteiger partial charge on any atom is -0.462 e. The molecule has 0 saturated carbocycles. The highest BCUT2D eigenvalue weighted by molar-refractivity contribution is 5.78. The maximum atomic E-state index is 11.5. The van der Waals surface area contributed by atoms with Crippen LogP contribution in [0.2, 0.25) is 0 Å². The molecule has 0 aliphatic carbocycles. The summed E-state index contributed by atoms with van der Waals surface area (Å²) < 4.78 is 21.0. The Morgan fingerprint density at radius 1 is 1.00 bits per heavy atom. The van der Waals surface area contributed by atoms with Gasteiger partial charge in [0, 0.05) is 26.2 Å². The van der Waals surface area contributed by atoms with Gasteiger partial charge in [0.15, 0.2) is 12.2 Å². The molecule has 1 aromatic heterocycles. The van der Waals surface area contributed by atoms with Crippen LogP contribution in [0.4, 0.5) is 0 Å². The quantitative estimate of drug-likeness (QED) is 0.592. The van der Waals surface area contributed by atoms with Crippen molar-refractivity contribution in [1.29, 1.82) is 0 Å². The monoisotopic (exact) mass is 334 g/mol. The Labute approximate surface area is 138 Å². The van der Waals surface area contributed by atoms with Gasteiger partial charge >= 0.3 is 17.9 Å². The summed E-state index contributed by atoms with van der Waals surface area (Å²) in [7, 11) is 0. The molecule has 0 radical (unpaired) electrons. The molecule has 0 saturated heterocycles. The average molecular weight is 334 g/mol. The maximum absolute atomic E-state index is 11.5. The number of furan rings is 1. The standard InChI is InChI=1S/C17H18O7/c1-10(18)21-9-16(22-11(2)19)17(23-12(3)20)15-8-13-6-4-5-7-14(13)24-15/h4-8,16-17H,9H2,1-3H3/t16-,17+/m1/s1. The lowest BCUT2D eigenvalue weighted by Gasteiger charge is -2.24. The van der Waals surface area contributed by atoms with Gasteiger partial charge < -0.3 is 18.6 Å². The first kappa shape index (κ1) is 17.5. The third kappa shape index (κ3) is 4.58. The van der Waals surface area contributed by atoms with E-state index in [-0.39, 0.29) is 6.61 Å². The Bertz CT molecular complexity index is 713. The molecule has 1 heterocycles. The number of carbonyl (C=O) groups excluding carboxylic acids is 3. The van der Waals surface area contributed by atoms with Gasteiger partial charge in [-0.2, -0.15) is 0 Å². The Balaban J connectivity index is 2.36. The molecule has 24 heavy (non-hydrogen) atoms. The molecule has 0 spiro atoms. The number of esters is 3. The van der Waals surface area contributed by atoms with Crippen LogP contribution in [0.5, 0.6) is 0 Å². The van der Waals surface area contributed by atoms with Crippen molar-refractivity contribution in [2.24, 2.45) is 0 Å². The molecule has 0 bridgehead atoms. The van der Waals surface area contributed by atoms with Crippen LogP contribution in [0.15, 0.2) is 34.7 Å². The fraction of sp³-hybridized carbons (Fsp3) is 0.353. The van der Waals surface area contributed by atoms with Crippen molar-refractivity contribution in [3.63, 3.8) is 0 Å². The number of rotatable bonds is 6. The molecular weight excluding hydrogens is 316 g/mol. The number of para-hydroxylation sites is 1. The lowest BCUT2D eigenvalue weighted by atomic mass is 10.1. The number of ether oxygens (including phenoxy) is 3. The Hall–Kier alpha value is -2.83. The second-order valence-electron chi connectivity index (χ2n) is 5.17. The molecule has 128 valence electrons. The van der Waals surface area contributed by atoms with Crippen LogP contribution in [-0.2, 0) is 28.6 Å². The first-order valence-electron chi connectivity index (χ1n) is 7.33. The largest absolute Gasteiger partial charge is 0.462 e. The van der Waals surface area contributed by atoms with Gasteiger partial charge in [-0.1, -0.05) is 18.2 Å². The third-order valence-electron chi connectivity index (χ3n) is 3.12. The fourth-order valence-electron chi connectivity index (χ4n) is 2.23. The van der Waals surface area contributed by atoms with Crippen molar-refractivity contribution >= 4 is 28.9 Å². The lowest BCUT2D eigenvalue weighted by Crippen LogP contribution is -2.32. The predicted octanol–water partition coefficient (Wildman–Crippen LogP) is 2.53. The van der Waals surface area contributed by atoms with E-state index in [0.29, 0.717) is 11.3 Å². The highest BCUT2D eigenvalue weighted by Crippen LogP contribution is 2.30. The minimum atomic E-state index is -1.03. The van der Waals surface area contributed by atoms with Crippen molar-refractivity contribution in [2.45, 2.75) is 33.0 Å². The zero-order valence-electron chi connectivity index (χ0n) is 13.6. The maximum Gasteiger partial charge on any atom is 0.303 e. The predicted molar refractivity (Wildman–Crippen MR) is 82.9 cm³/mol. The topological polar surface area (TPSA) is 92.0 Å². The number of carbonyl (C=O) groups is 3. The van der Waals surface area contributed by atoms with Crippen molar-refractivity contribution in [3.8, 4) is 0 Å². The van der Waals surface area contributed by atoms with Gasteiger partial charge in [-0.3, -0.25) is 14.4 Å². The van der Waals surface area contributed by atoms with Crippen LogP contribution in [-0.4, -0.2) is 30.6 Å². The van der Waals surface area contributed by atoms with E-state index in [1.165, 1.54) is 20.8 Å². The fourth-order valence-corrected chi connectivity index (χ4v) is 2.23. The Morgan fingerprint density at radius 3 is 2.25 bits per heavy atom. The van der Waals surface area contributed by atoms with Gasteiger partial charge in [0.2, 0.25) is 0 Å². The summed E-state index contributed by atoms with van der Waals surface area (Å²) in [5.74, 6) is -1.43. The molecule has 0 unspecified atom stereocenters. The van der Waals surface area contributed by atoms with E-state index in [4.69, 9.17) is 18.6 Å². The van der Waals surface area contributed by atoms with Crippen molar-refractivity contribution in [2.75, 3.05) is 6.61 Å². The summed E-state index contributed by atoms with van der Waals surface area (Å²) in [5.41, 5.74) is 0.596. The highest BCUT2D eigenvalue weighted by atomic mass is 16.6. The van der Waals surface area contributed by atoms with Gasteiger partial charge in [-0.05, 0) is 12.1 Å². The van der Waals surface area contributed by atoms with E-state index < -0.39 is 30.1 Å². The number of benzene rings is 1. The molecule has 0 aliphatic heterocycles. The van der Waals surface area contributed by atoms with Crippen LogP contribution in [0.1, 0.15) is 32.6 Å². The lowest BCUT2D eigenvalue weighted by molar-refractivity contribution is -0.175. The van der Waals surface area contributed by atoms with Gasteiger partial charge in [0.25, 0.3) is 0 Å². The molecule has 2 rings (SSSR count). The van der Waals surface area contributed by atoms with Crippen molar-refractivity contribution < 1.29 is 33.0 Å². The van der Waals surface area contributed by atoms with Crippen molar-refractivity contribution in [1.82, 2.24) is 0 Å². The second kappa shape index (κ2) is 7.63. The summed E-state index contributed by atoms with van der Waals surface area (Å²) >= 11 is 0. The van der Waals surface area contributed by atoms with Gasteiger partial charge in [0.05, 0.1) is 0 Å². The van der Waals surface area contributed by atoms with E-state index in [1.54, 1.807) is 18.2 Å². The average Bonchev–Trinajstić information content (AvgIpc) is 2.92. The number of hydrogen-bond acceptors (Lipinski definition) is 7. The number of fused-ring (bicyclic) bond motifs is 1. The first-order chi connectivity index (χ1) is 11.4. The van der Waals surface area contributed by atoms with E-state index in [1.807, 2.05) is 12.1 Å². The molecule has 1 aromatic carbocycles. The molecule has 0 fully saturated rings. The molecule has 0 amide bonds. The minimum absolute atomic E-state index is 0.260. The second-order valence-corrected chi connectivity index (χ2v) is 5.17. The van der Waals surface area contributed by atoms with Crippen LogP contribution >= 0.6 is 0 Å². The summed E-state index contributed by atoms with van der Waals surface area (Å²) in [4.78, 5) is 33.9. The van der Waals surface area contributed by atoms with Gasteiger partial charge in [0.1, 0.15) is 18.0 Å². The molecule has 0 N–H and O–H groups in total. The molecule has 7 nitrogen and oxygen atoms in total. The van der Waals surface area contributed by atoms with E-state index in [0.717, 1.165) is 5.39 Å². The van der Waals surface area contributed by atoms with Crippen LogP contribution in [0.3, 0.4) is 0 Å². The molecule has 0 aliphatic rings. The van der Waals surface area contributed by atoms with Crippen LogP contribution in [0, 0.1) is 0 Å². The third-order valence-corrected chi connectivity index (χ3v) is 3.12. The summed E-state index contributed by atoms with van der Waals surface area (Å²) in [6.07, 6.45) is -2.05. The molecule has 2 atom stereocenters. The summed E-state index contributed by atoms with van der Waals surface area (Å²) in [6.45, 7) is 3.41. The Morgan fingerprint density at radius 2 is 1.67 bits per heavy atom. The Kier molecular flexibility index (Phi) is 5.57. The number of hydrogen-bond donors (Lipinski definition) is 0. The smallest absolute Gasteiger partial charge is 0.303 e. The van der Waals surface area contributed by atoms with Gasteiger partial charge in [-0.25, -0.2) is 0 Å². The van der Waals surface area contributed by atoms with Crippen LogP contribution < -0.4 is 0 Å². The zero-order chi connectivity index (χ0) is 17.7. The summed E-state index contributed by atoms with van der Waals surface area (Å²) in [6, 6.07) is 8.92. The SMILES string of the molecule is CC(=O)OC[C@@H](OC(C)=O)[C@@H](OC(C)=O)c1cc2ccccc2o1. The van der Waals surface area contributed by atoms with E-state index in [9.17, 15) is 14.4 Å². The van der Waals surface area contributed by atoms with E-state index >= 15 is 0 Å². The zero-order valence-corrected chi connectivity index (χ0v) is 13.6. The van der Waals surface area contributed by atoms with E-state index in [2.05, 4.69) is 0 Å². The normalized spacial score (nSPS) is 13.1. The van der Waals surface area contributed by atoms with Gasteiger partial charge in [-0.15, -0.1) is 0 Å². The first-order valence-corrected chi connectivity index (χ1v) is 7.33.